The first kappa shape index (κ1) is 22.6. The molecule has 0 unspecified atom stereocenters. The lowest BCUT2D eigenvalue weighted by molar-refractivity contribution is -0.140. The van der Waals surface area contributed by atoms with Crippen molar-refractivity contribution in [3.8, 4) is 0 Å². The summed E-state index contributed by atoms with van der Waals surface area (Å²) in [5, 5.41) is 0.955. The number of carbonyl (C=O) groups excluding carboxylic acids is 2. The summed E-state index contributed by atoms with van der Waals surface area (Å²) in [7, 11) is 0. The summed E-state index contributed by atoms with van der Waals surface area (Å²) in [6.45, 7) is 6.52. The number of aromatic nitrogens is 1. The Morgan fingerprint density at radius 2 is 1.91 bits per heavy atom. The monoisotopic (exact) mass is 447 g/mol. The number of fused-ring (bicyclic) bond motifs is 2. The van der Waals surface area contributed by atoms with Gasteiger partial charge in [0.2, 0.25) is 11.8 Å². The van der Waals surface area contributed by atoms with Crippen molar-refractivity contribution in [3.05, 3.63) is 41.6 Å². The van der Waals surface area contributed by atoms with E-state index in [4.69, 9.17) is 0 Å². The van der Waals surface area contributed by atoms with Crippen LogP contribution in [0.15, 0.2) is 30.5 Å². The number of alkyl halides is 3. The van der Waals surface area contributed by atoms with Crippen LogP contribution in [-0.2, 0) is 11.2 Å². The van der Waals surface area contributed by atoms with Gasteiger partial charge in [-0.1, -0.05) is 18.2 Å². The number of amides is 1. The first-order valence-electron chi connectivity index (χ1n) is 11.1. The fourth-order valence-electron chi connectivity index (χ4n) is 5.13. The molecule has 2 heterocycles. The quantitative estimate of drug-likeness (QED) is 0.684. The molecule has 1 amide bonds. The van der Waals surface area contributed by atoms with E-state index in [9.17, 15) is 22.8 Å². The van der Waals surface area contributed by atoms with Gasteiger partial charge in [-0.25, -0.2) is 0 Å². The number of hydrogen-bond donors (Lipinski definition) is 0. The molecule has 2 atom stereocenters. The normalized spacial score (nSPS) is 20.8. The van der Waals surface area contributed by atoms with E-state index in [0.29, 0.717) is 19.5 Å². The molecule has 1 aromatic heterocycles. The maximum Gasteiger partial charge on any atom is 0.390 e. The van der Waals surface area contributed by atoms with Gasteiger partial charge in [-0.15, -0.1) is 0 Å². The number of benzene rings is 1. The van der Waals surface area contributed by atoms with Crippen LogP contribution < -0.4 is 0 Å². The number of rotatable bonds is 5. The fraction of sp³-hybridized carbons (Fsp3) is 0.500. The van der Waals surface area contributed by atoms with E-state index in [0.717, 1.165) is 27.6 Å². The van der Waals surface area contributed by atoms with Crippen molar-refractivity contribution in [1.29, 1.82) is 0 Å². The molecule has 0 bridgehead atoms. The zero-order chi connectivity index (χ0) is 23.2. The molecule has 0 fully saturated rings. The Balaban J connectivity index is 1.81. The van der Waals surface area contributed by atoms with Crippen LogP contribution in [0.2, 0.25) is 0 Å². The summed E-state index contributed by atoms with van der Waals surface area (Å²) >= 11 is 0. The van der Waals surface area contributed by atoms with Crippen LogP contribution >= 0.6 is 0 Å². The van der Waals surface area contributed by atoms with Crippen molar-refractivity contribution < 1.29 is 22.8 Å². The molecule has 172 valence electrons. The summed E-state index contributed by atoms with van der Waals surface area (Å²) < 4.78 is 40.9. The van der Waals surface area contributed by atoms with Gasteiger partial charge in [-0.2, -0.15) is 13.2 Å². The second-order valence-electron chi connectivity index (χ2n) is 8.56. The second-order valence-corrected chi connectivity index (χ2v) is 8.56. The summed E-state index contributed by atoms with van der Waals surface area (Å²) in [4.78, 5) is 28.8. The molecule has 1 aliphatic heterocycles. The van der Waals surface area contributed by atoms with E-state index in [1.54, 1.807) is 9.47 Å². The minimum atomic E-state index is -4.27. The first-order chi connectivity index (χ1) is 15.1. The Bertz CT molecular complexity index is 1080. The summed E-state index contributed by atoms with van der Waals surface area (Å²) in [6, 6.07) is 5.44. The third-order valence-corrected chi connectivity index (χ3v) is 6.66. The van der Waals surface area contributed by atoms with Gasteiger partial charge >= 0.3 is 6.18 Å². The van der Waals surface area contributed by atoms with Gasteiger partial charge in [0.15, 0.2) is 0 Å². The van der Waals surface area contributed by atoms with Gasteiger partial charge in [0.1, 0.15) is 0 Å². The van der Waals surface area contributed by atoms with E-state index < -0.39 is 18.5 Å². The fourth-order valence-corrected chi connectivity index (χ4v) is 5.13. The zero-order valence-electron chi connectivity index (χ0n) is 18.6. The highest BCUT2D eigenvalue weighted by atomic mass is 19.4. The van der Waals surface area contributed by atoms with Crippen molar-refractivity contribution in [2.45, 2.75) is 45.8 Å². The molecule has 1 aromatic carbocycles. The van der Waals surface area contributed by atoms with Gasteiger partial charge in [-0.05, 0) is 43.0 Å². The van der Waals surface area contributed by atoms with Gasteiger partial charge in [0, 0.05) is 50.7 Å². The van der Waals surface area contributed by atoms with Gasteiger partial charge in [-0.3, -0.25) is 19.1 Å². The number of carbonyl (C=O) groups is 2. The van der Waals surface area contributed by atoms with Crippen molar-refractivity contribution in [2.75, 3.05) is 26.2 Å². The van der Waals surface area contributed by atoms with Crippen LogP contribution in [0.25, 0.3) is 16.5 Å². The molecule has 2 aromatic rings. The molecule has 1 aliphatic carbocycles. The molecular formula is C24H28F3N3O2. The molecule has 32 heavy (non-hydrogen) atoms. The van der Waals surface area contributed by atoms with Gasteiger partial charge in [0.25, 0.3) is 0 Å². The molecular weight excluding hydrogens is 419 g/mol. The summed E-state index contributed by atoms with van der Waals surface area (Å²) in [6.07, 6.45) is -0.907. The molecule has 2 aliphatic rings. The third kappa shape index (κ3) is 3.96. The Morgan fingerprint density at radius 1 is 1.19 bits per heavy atom. The molecule has 4 rings (SSSR count). The van der Waals surface area contributed by atoms with E-state index >= 15 is 0 Å². The molecule has 0 radical (unpaired) electrons. The highest BCUT2D eigenvalue weighted by molar-refractivity contribution is 6.03. The van der Waals surface area contributed by atoms with E-state index in [1.165, 1.54) is 6.92 Å². The minimum Gasteiger partial charge on any atom is -0.343 e. The molecule has 0 saturated heterocycles. The maximum atomic E-state index is 13.1. The predicted molar refractivity (Wildman–Crippen MR) is 117 cm³/mol. The Morgan fingerprint density at radius 3 is 2.53 bits per heavy atom. The zero-order valence-corrected chi connectivity index (χ0v) is 18.6. The molecule has 0 saturated carbocycles. The number of hydrogen-bond acceptors (Lipinski definition) is 3. The average Bonchev–Trinajstić information content (AvgIpc) is 3.12. The molecule has 0 N–H and O–H groups in total. The lowest BCUT2D eigenvalue weighted by Crippen LogP contribution is -2.50. The average molecular weight is 448 g/mol. The van der Waals surface area contributed by atoms with Crippen molar-refractivity contribution >= 4 is 28.3 Å². The van der Waals surface area contributed by atoms with Crippen LogP contribution in [0.4, 0.5) is 13.2 Å². The van der Waals surface area contributed by atoms with Crippen molar-refractivity contribution in [2.24, 2.45) is 5.92 Å². The first-order valence-corrected chi connectivity index (χ1v) is 11.1. The van der Waals surface area contributed by atoms with Gasteiger partial charge in [0.05, 0.1) is 17.9 Å². The highest BCUT2D eigenvalue weighted by Crippen LogP contribution is 2.42. The van der Waals surface area contributed by atoms with Crippen LogP contribution in [0.3, 0.4) is 0 Å². The minimum absolute atomic E-state index is 0.0581. The largest absolute Gasteiger partial charge is 0.390 e. The molecule has 0 spiro atoms. The smallest absolute Gasteiger partial charge is 0.343 e. The number of nitrogens with zero attached hydrogens (tertiary/aromatic N) is 3. The van der Waals surface area contributed by atoms with Gasteiger partial charge < -0.3 is 4.90 Å². The lowest BCUT2D eigenvalue weighted by Gasteiger charge is -2.42. The summed E-state index contributed by atoms with van der Waals surface area (Å²) in [5.74, 6) is -0.668. The Hall–Kier alpha value is -2.61. The van der Waals surface area contributed by atoms with E-state index in [1.807, 2.05) is 49.2 Å². The van der Waals surface area contributed by atoms with Crippen molar-refractivity contribution in [3.63, 3.8) is 0 Å². The predicted octanol–water partition coefficient (Wildman–Crippen LogP) is 4.36. The van der Waals surface area contributed by atoms with E-state index in [-0.39, 0.29) is 30.9 Å². The Labute approximate surface area is 185 Å². The van der Waals surface area contributed by atoms with Crippen LogP contribution in [-0.4, -0.2) is 64.6 Å². The second kappa shape index (κ2) is 8.39. The maximum absolute atomic E-state index is 13.1. The third-order valence-electron chi connectivity index (χ3n) is 6.66. The Kier molecular flexibility index (Phi) is 5.92. The lowest BCUT2D eigenvalue weighted by atomic mass is 9.79. The van der Waals surface area contributed by atoms with E-state index in [2.05, 4.69) is 0 Å². The standard InChI is InChI=1S/C24H28F3N3O2/c1-4-28(5-2)23(32)17-11-19-18-7-6-8-20-22(18)16(14-30(20)15(3)31)12-21(19)29(13-17)10-9-24(25,26)27/h6-8,11,14,17,21H,4-5,9-10,12-13H2,1-3H3/t17-,21-/m1/s1. The van der Waals surface area contributed by atoms with Crippen LogP contribution in [0, 0.1) is 5.92 Å². The topological polar surface area (TPSA) is 45.6 Å². The molecule has 5 nitrogen and oxygen atoms in total. The number of halogens is 3. The van der Waals surface area contributed by atoms with Crippen LogP contribution in [0.5, 0.6) is 0 Å². The summed E-state index contributed by atoms with van der Waals surface area (Å²) in [5.41, 5.74) is 3.55. The molecule has 8 heteroatoms. The SMILES string of the molecule is CCN(CC)C(=O)[C@@H]1C=C2c3cccc4c3c(cn4C(C)=O)C[C@H]2N(CCC(F)(F)F)C1. The van der Waals surface area contributed by atoms with Crippen LogP contribution in [0.1, 0.15) is 43.1 Å². The highest BCUT2D eigenvalue weighted by Gasteiger charge is 2.40. The van der Waals surface area contributed by atoms with Crippen molar-refractivity contribution in [1.82, 2.24) is 14.4 Å².